The van der Waals surface area contributed by atoms with Crippen LogP contribution in [0.4, 0.5) is 0 Å². The Hall–Kier alpha value is -3.26. The fourth-order valence-electron chi connectivity index (χ4n) is 2.95. The average molecular weight is 439 g/mol. The molecule has 162 valence electrons. The van der Waals surface area contributed by atoms with Crippen molar-refractivity contribution in [3.05, 3.63) is 64.7 Å². The Morgan fingerprint density at radius 2 is 1.81 bits per heavy atom. The number of benzene rings is 1. The van der Waals surface area contributed by atoms with Gasteiger partial charge < -0.3 is 15.4 Å². The van der Waals surface area contributed by atoms with E-state index in [1.165, 1.54) is 11.3 Å². The number of nitrogens with zero attached hydrogens (tertiary/aromatic N) is 2. The van der Waals surface area contributed by atoms with Crippen LogP contribution < -0.4 is 15.4 Å². The number of hydrogen-bond donors (Lipinski definition) is 2. The van der Waals surface area contributed by atoms with Crippen molar-refractivity contribution in [3.8, 4) is 17.0 Å². The van der Waals surface area contributed by atoms with Crippen LogP contribution in [0, 0.1) is 5.92 Å². The SMILES string of the molecule is CCOc1ccc(C(=O)NC(C(=O)NCc2nc(-c3ccncc3)cs2)C(C)C)cc1. The summed E-state index contributed by atoms with van der Waals surface area (Å²) in [5.41, 5.74) is 2.30. The van der Waals surface area contributed by atoms with Crippen LogP contribution in [0.2, 0.25) is 0 Å². The van der Waals surface area contributed by atoms with Crippen LogP contribution in [0.3, 0.4) is 0 Å². The Morgan fingerprint density at radius 1 is 1.10 bits per heavy atom. The van der Waals surface area contributed by atoms with Gasteiger partial charge in [0.1, 0.15) is 16.8 Å². The fourth-order valence-corrected chi connectivity index (χ4v) is 3.69. The van der Waals surface area contributed by atoms with E-state index in [1.807, 2.05) is 38.3 Å². The normalized spacial score (nSPS) is 11.7. The number of carbonyl (C=O) groups excluding carboxylic acids is 2. The minimum absolute atomic E-state index is 0.0738. The van der Waals surface area contributed by atoms with E-state index < -0.39 is 6.04 Å². The van der Waals surface area contributed by atoms with Gasteiger partial charge in [0.25, 0.3) is 5.91 Å². The first-order valence-corrected chi connectivity index (χ1v) is 11.0. The molecule has 0 saturated carbocycles. The summed E-state index contributed by atoms with van der Waals surface area (Å²) in [5.74, 6) is 0.0863. The number of thiazole rings is 1. The third-order valence-electron chi connectivity index (χ3n) is 4.60. The van der Waals surface area contributed by atoms with Crippen LogP contribution >= 0.6 is 11.3 Å². The molecule has 2 amide bonds. The van der Waals surface area contributed by atoms with Gasteiger partial charge in [0.05, 0.1) is 18.8 Å². The highest BCUT2D eigenvalue weighted by molar-refractivity contribution is 7.09. The van der Waals surface area contributed by atoms with Crippen molar-refractivity contribution in [1.29, 1.82) is 0 Å². The van der Waals surface area contributed by atoms with E-state index in [4.69, 9.17) is 4.74 Å². The first-order valence-electron chi connectivity index (χ1n) is 10.1. The van der Waals surface area contributed by atoms with E-state index in [-0.39, 0.29) is 17.7 Å². The molecule has 0 aliphatic rings. The number of amides is 2. The van der Waals surface area contributed by atoms with Gasteiger partial charge in [-0.15, -0.1) is 11.3 Å². The lowest BCUT2D eigenvalue weighted by atomic mass is 10.0. The predicted octanol–water partition coefficient (Wildman–Crippen LogP) is 3.67. The quantitative estimate of drug-likeness (QED) is 0.532. The molecule has 3 aromatic rings. The zero-order valence-corrected chi connectivity index (χ0v) is 18.6. The van der Waals surface area contributed by atoms with Gasteiger partial charge in [-0.25, -0.2) is 4.98 Å². The fraction of sp³-hybridized carbons (Fsp3) is 0.304. The van der Waals surface area contributed by atoms with Gasteiger partial charge in [0.15, 0.2) is 0 Å². The third kappa shape index (κ3) is 6.11. The van der Waals surface area contributed by atoms with E-state index in [0.29, 0.717) is 24.5 Å². The van der Waals surface area contributed by atoms with Crippen molar-refractivity contribution in [2.45, 2.75) is 33.4 Å². The van der Waals surface area contributed by atoms with Crippen LogP contribution in [0.1, 0.15) is 36.1 Å². The van der Waals surface area contributed by atoms with Gasteiger partial charge in [0, 0.05) is 28.9 Å². The molecule has 7 nitrogen and oxygen atoms in total. The number of aromatic nitrogens is 2. The molecule has 2 heterocycles. The molecule has 0 bridgehead atoms. The van der Waals surface area contributed by atoms with E-state index in [9.17, 15) is 9.59 Å². The Bertz CT molecular complexity index is 1000. The molecule has 1 aromatic carbocycles. The summed E-state index contributed by atoms with van der Waals surface area (Å²) in [5, 5.41) is 8.47. The highest BCUT2D eigenvalue weighted by atomic mass is 32.1. The molecule has 0 aliphatic heterocycles. The summed E-state index contributed by atoms with van der Waals surface area (Å²) < 4.78 is 5.40. The maximum atomic E-state index is 12.8. The van der Waals surface area contributed by atoms with Crippen molar-refractivity contribution in [2.24, 2.45) is 5.92 Å². The van der Waals surface area contributed by atoms with Gasteiger partial charge in [-0.1, -0.05) is 13.8 Å². The third-order valence-corrected chi connectivity index (χ3v) is 5.45. The number of ether oxygens (including phenoxy) is 1. The molecule has 3 rings (SSSR count). The topological polar surface area (TPSA) is 93.2 Å². The van der Waals surface area contributed by atoms with Crippen LogP contribution in [-0.2, 0) is 11.3 Å². The minimum atomic E-state index is -0.654. The van der Waals surface area contributed by atoms with Gasteiger partial charge in [0.2, 0.25) is 5.91 Å². The standard InChI is InChI=1S/C23H26N4O3S/c1-4-30-18-7-5-17(6-8-18)22(28)27-21(15(2)3)23(29)25-13-20-26-19(14-31-20)16-9-11-24-12-10-16/h5-12,14-15,21H,4,13H2,1-3H3,(H,25,29)(H,27,28). The van der Waals surface area contributed by atoms with Crippen molar-refractivity contribution in [1.82, 2.24) is 20.6 Å². The number of pyridine rings is 1. The minimum Gasteiger partial charge on any atom is -0.494 e. The van der Waals surface area contributed by atoms with Crippen LogP contribution in [0.15, 0.2) is 54.2 Å². The van der Waals surface area contributed by atoms with Crippen molar-refractivity contribution in [3.63, 3.8) is 0 Å². The predicted molar refractivity (Wildman–Crippen MR) is 121 cm³/mol. The highest BCUT2D eigenvalue weighted by Crippen LogP contribution is 2.21. The highest BCUT2D eigenvalue weighted by Gasteiger charge is 2.24. The van der Waals surface area contributed by atoms with Crippen LogP contribution in [-0.4, -0.2) is 34.4 Å². The maximum Gasteiger partial charge on any atom is 0.251 e. The van der Waals surface area contributed by atoms with Crippen molar-refractivity contribution < 1.29 is 14.3 Å². The van der Waals surface area contributed by atoms with Gasteiger partial charge >= 0.3 is 0 Å². The van der Waals surface area contributed by atoms with E-state index in [1.54, 1.807) is 36.7 Å². The Kier molecular flexibility index (Phi) is 7.72. The van der Waals surface area contributed by atoms with E-state index in [2.05, 4.69) is 20.6 Å². The lowest BCUT2D eigenvalue weighted by Gasteiger charge is -2.21. The summed E-state index contributed by atoms with van der Waals surface area (Å²) in [4.78, 5) is 34.0. The molecule has 0 fully saturated rings. The van der Waals surface area contributed by atoms with Gasteiger partial charge in [-0.05, 0) is 49.2 Å². The summed E-state index contributed by atoms with van der Waals surface area (Å²) in [6.07, 6.45) is 3.44. The smallest absolute Gasteiger partial charge is 0.251 e. The summed E-state index contributed by atoms with van der Waals surface area (Å²) in [6.45, 7) is 6.56. The number of nitrogens with one attached hydrogen (secondary N) is 2. The molecule has 0 spiro atoms. The molecule has 2 aromatic heterocycles. The lowest BCUT2D eigenvalue weighted by molar-refractivity contribution is -0.124. The van der Waals surface area contributed by atoms with E-state index >= 15 is 0 Å². The Labute approximate surface area is 185 Å². The van der Waals surface area contributed by atoms with Gasteiger partial charge in [-0.3, -0.25) is 14.6 Å². The molecule has 31 heavy (non-hydrogen) atoms. The molecule has 2 N–H and O–H groups in total. The zero-order valence-electron chi connectivity index (χ0n) is 17.8. The Morgan fingerprint density at radius 3 is 2.45 bits per heavy atom. The molecule has 0 radical (unpaired) electrons. The second-order valence-corrected chi connectivity index (χ2v) is 8.18. The van der Waals surface area contributed by atoms with Crippen LogP contribution in [0.5, 0.6) is 5.75 Å². The molecular formula is C23H26N4O3S. The first kappa shape index (κ1) is 22.4. The van der Waals surface area contributed by atoms with E-state index in [0.717, 1.165) is 16.3 Å². The monoisotopic (exact) mass is 438 g/mol. The van der Waals surface area contributed by atoms with Gasteiger partial charge in [-0.2, -0.15) is 0 Å². The largest absolute Gasteiger partial charge is 0.494 e. The Balaban J connectivity index is 1.59. The second-order valence-electron chi connectivity index (χ2n) is 7.23. The molecule has 1 atom stereocenters. The maximum absolute atomic E-state index is 12.8. The molecule has 0 aliphatic carbocycles. The molecular weight excluding hydrogens is 412 g/mol. The number of hydrogen-bond acceptors (Lipinski definition) is 6. The zero-order chi connectivity index (χ0) is 22.2. The lowest BCUT2D eigenvalue weighted by Crippen LogP contribution is -2.49. The second kappa shape index (κ2) is 10.7. The summed E-state index contributed by atoms with van der Waals surface area (Å²) in [7, 11) is 0. The van der Waals surface area contributed by atoms with Crippen LogP contribution in [0.25, 0.3) is 11.3 Å². The molecule has 0 saturated heterocycles. The van der Waals surface area contributed by atoms with Crippen molar-refractivity contribution in [2.75, 3.05) is 6.61 Å². The van der Waals surface area contributed by atoms with Crippen molar-refractivity contribution >= 4 is 23.2 Å². The molecule has 8 heteroatoms. The average Bonchev–Trinajstić information content (AvgIpc) is 3.26. The number of rotatable bonds is 9. The number of carbonyl (C=O) groups is 2. The summed E-state index contributed by atoms with van der Waals surface area (Å²) in [6, 6.07) is 9.99. The summed E-state index contributed by atoms with van der Waals surface area (Å²) >= 11 is 1.48. The molecule has 1 unspecified atom stereocenters. The first-order chi connectivity index (χ1) is 15.0.